The van der Waals surface area contributed by atoms with Crippen molar-refractivity contribution in [3.05, 3.63) is 34.1 Å². The highest BCUT2D eigenvalue weighted by atomic mass is 79.9. The first-order chi connectivity index (χ1) is 8.54. The topological polar surface area (TPSA) is 57.0 Å². The smallest absolute Gasteiger partial charge is 0.181 e. The van der Waals surface area contributed by atoms with E-state index in [0.29, 0.717) is 5.69 Å². The highest BCUT2D eigenvalue weighted by molar-refractivity contribution is 9.10. The van der Waals surface area contributed by atoms with E-state index in [4.69, 9.17) is 4.74 Å². The molecule has 94 valence electrons. The summed E-state index contributed by atoms with van der Waals surface area (Å²) in [7, 11) is 1.61. The number of ketones is 1. The van der Waals surface area contributed by atoms with Gasteiger partial charge in [0.15, 0.2) is 11.5 Å². The van der Waals surface area contributed by atoms with E-state index in [9.17, 15) is 4.79 Å². The Labute approximate surface area is 113 Å². The molecular weight excluding hydrogens is 298 g/mol. The molecule has 0 saturated heterocycles. The van der Waals surface area contributed by atoms with Crippen molar-refractivity contribution in [2.45, 2.75) is 13.8 Å². The predicted octanol–water partition coefficient (Wildman–Crippen LogP) is 2.55. The maximum absolute atomic E-state index is 11.3. The summed E-state index contributed by atoms with van der Waals surface area (Å²) in [5.74, 6) is 0.648. The fraction of sp³-hybridized carbons (Fsp3) is 0.250. The third-order valence-electron chi connectivity index (χ3n) is 2.61. The normalized spacial score (nSPS) is 10.4. The number of rotatable bonds is 3. The third-order valence-corrected chi connectivity index (χ3v) is 3.23. The third kappa shape index (κ3) is 2.15. The Bertz CT molecular complexity index is 607. The summed E-state index contributed by atoms with van der Waals surface area (Å²) >= 11 is 3.41. The number of hydrogen-bond acceptors (Lipinski definition) is 4. The van der Waals surface area contributed by atoms with Crippen molar-refractivity contribution in [1.29, 1.82) is 0 Å². The zero-order chi connectivity index (χ0) is 13.3. The van der Waals surface area contributed by atoms with Crippen molar-refractivity contribution in [3.63, 3.8) is 0 Å². The number of aromatic nitrogens is 3. The molecule has 0 N–H and O–H groups in total. The van der Waals surface area contributed by atoms with Gasteiger partial charge in [0.2, 0.25) is 0 Å². The summed E-state index contributed by atoms with van der Waals surface area (Å²) in [4.78, 5) is 11.3. The van der Waals surface area contributed by atoms with Gasteiger partial charge in [-0.15, -0.1) is 5.10 Å². The molecule has 0 aliphatic heterocycles. The van der Waals surface area contributed by atoms with Crippen molar-refractivity contribution < 1.29 is 9.53 Å². The molecular formula is C12H12BrN3O2. The van der Waals surface area contributed by atoms with Gasteiger partial charge in [-0.3, -0.25) is 4.79 Å². The quantitative estimate of drug-likeness (QED) is 0.818. The zero-order valence-electron chi connectivity index (χ0n) is 10.3. The van der Waals surface area contributed by atoms with E-state index in [0.717, 1.165) is 21.6 Å². The number of Topliss-reactive ketones (excluding diaryl/α,β-unsaturated/α-hetero) is 1. The van der Waals surface area contributed by atoms with E-state index < -0.39 is 0 Å². The second-order valence-corrected chi connectivity index (χ2v) is 4.66. The van der Waals surface area contributed by atoms with Gasteiger partial charge in [-0.25, -0.2) is 4.68 Å². The molecule has 0 radical (unpaired) electrons. The zero-order valence-corrected chi connectivity index (χ0v) is 11.9. The lowest BCUT2D eigenvalue weighted by Crippen LogP contribution is -2.01. The van der Waals surface area contributed by atoms with Crippen LogP contribution in [0, 0.1) is 6.92 Å². The van der Waals surface area contributed by atoms with E-state index in [1.54, 1.807) is 11.8 Å². The Hall–Kier alpha value is -1.69. The molecule has 0 aliphatic rings. The number of halogens is 1. The van der Waals surface area contributed by atoms with Crippen molar-refractivity contribution in [2.75, 3.05) is 7.11 Å². The maximum Gasteiger partial charge on any atom is 0.181 e. The van der Waals surface area contributed by atoms with Crippen LogP contribution >= 0.6 is 15.9 Å². The van der Waals surface area contributed by atoms with E-state index in [-0.39, 0.29) is 5.78 Å². The van der Waals surface area contributed by atoms with E-state index in [1.807, 2.05) is 25.1 Å². The van der Waals surface area contributed by atoms with E-state index >= 15 is 0 Å². The maximum atomic E-state index is 11.3. The van der Waals surface area contributed by atoms with Crippen molar-refractivity contribution in [1.82, 2.24) is 15.0 Å². The molecule has 0 unspecified atom stereocenters. The Morgan fingerprint density at radius 1 is 1.44 bits per heavy atom. The summed E-state index contributed by atoms with van der Waals surface area (Å²) in [6.07, 6.45) is 0. The first-order valence-electron chi connectivity index (χ1n) is 5.31. The lowest BCUT2D eigenvalue weighted by atomic mass is 10.2. The average molecular weight is 310 g/mol. The molecule has 18 heavy (non-hydrogen) atoms. The molecule has 0 saturated carbocycles. The highest BCUT2D eigenvalue weighted by Gasteiger charge is 2.14. The van der Waals surface area contributed by atoms with E-state index in [2.05, 4.69) is 26.2 Å². The molecule has 0 aliphatic carbocycles. The number of carbonyl (C=O) groups excluding carboxylic acids is 1. The minimum absolute atomic E-state index is 0.0914. The first kappa shape index (κ1) is 12.8. The average Bonchev–Trinajstić information content (AvgIpc) is 2.71. The van der Waals surface area contributed by atoms with Gasteiger partial charge in [-0.2, -0.15) is 0 Å². The minimum Gasteiger partial charge on any atom is -0.496 e. The van der Waals surface area contributed by atoms with Gasteiger partial charge < -0.3 is 4.74 Å². The Morgan fingerprint density at radius 3 is 2.67 bits per heavy atom. The largest absolute Gasteiger partial charge is 0.496 e. The second kappa shape index (κ2) is 4.89. The number of methoxy groups -OCH3 is 1. The van der Waals surface area contributed by atoms with Crippen LogP contribution < -0.4 is 4.74 Å². The van der Waals surface area contributed by atoms with Gasteiger partial charge in [-0.05, 0) is 41.1 Å². The van der Waals surface area contributed by atoms with Crippen molar-refractivity contribution >= 4 is 21.7 Å². The summed E-state index contributed by atoms with van der Waals surface area (Å²) in [5.41, 5.74) is 1.93. The van der Waals surface area contributed by atoms with Gasteiger partial charge in [0.05, 0.1) is 23.0 Å². The highest BCUT2D eigenvalue weighted by Crippen LogP contribution is 2.27. The minimum atomic E-state index is -0.0914. The van der Waals surface area contributed by atoms with Crippen LogP contribution in [0.25, 0.3) is 5.69 Å². The summed E-state index contributed by atoms with van der Waals surface area (Å²) in [6.45, 7) is 3.29. The van der Waals surface area contributed by atoms with Crippen LogP contribution in [0.5, 0.6) is 5.75 Å². The van der Waals surface area contributed by atoms with Gasteiger partial charge in [0, 0.05) is 6.92 Å². The van der Waals surface area contributed by atoms with Gasteiger partial charge >= 0.3 is 0 Å². The van der Waals surface area contributed by atoms with E-state index in [1.165, 1.54) is 6.92 Å². The Kier molecular flexibility index (Phi) is 3.47. The fourth-order valence-electron chi connectivity index (χ4n) is 1.69. The monoisotopic (exact) mass is 309 g/mol. The lowest BCUT2D eigenvalue weighted by molar-refractivity contribution is 0.101. The van der Waals surface area contributed by atoms with Gasteiger partial charge in [0.1, 0.15) is 5.75 Å². The number of nitrogens with zero attached hydrogens (tertiary/aromatic N) is 3. The number of carbonyl (C=O) groups is 1. The molecule has 6 heteroatoms. The second-order valence-electron chi connectivity index (χ2n) is 3.81. The Balaban J connectivity index is 2.49. The van der Waals surface area contributed by atoms with Gasteiger partial charge in [-0.1, -0.05) is 5.21 Å². The van der Waals surface area contributed by atoms with Crippen LogP contribution in [0.1, 0.15) is 23.1 Å². The fourth-order valence-corrected chi connectivity index (χ4v) is 2.22. The summed E-state index contributed by atoms with van der Waals surface area (Å²) < 4.78 is 7.61. The van der Waals surface area contributed by atoms with Crippen LogP contribution in [0.3, 0.4) is 0 Å². The van der Waals surface area contributed by atoms with Crippen LogP contribution in [0.4, 0.5) is 0 Å². The predicted molar refractivity (Wildman–Crippen MR) is 70.4 cm³/mol. The standard InChI is InChI=1S/C12H12BrN3O2/c1-7-12(8(2)17)14-15-16(7)9-4-5-11(18-3)10(13)6-9/h4-6H,1-3H3. The first-order valence-corrected chi connectivity index (χ1v) is 6.11. The SMILES string of the molecule is COc1ccc(-n2nnc(C(C)=O)c2C)cc1Br. The van der Waals surface area contributed by atoms with Crippen LogP contribution in [0.15, 0.2) is 22.7 Å². The van der Waals surface area contributed by atoms with Crippen molar-refractivity contribution in [3.8, 4) is 11.4 Å². The molecule has 0 amide bonds. The molecule has 2 aromatic rings. The number of hydrogen-bond donors (Lipinski definition) is 0. The molecule has 2 rings (SSSR count). The van der Waals surface area contributed by atoms with Crippen LogP contribution in [0.2, 0.25) is 0 Å². The van der Waals surface area contributed by atoms with Crippen LogP contribution in [-0.2, 0) is 0 Å². The molecule has 0 bridgehead atoms. The summed E-state index contributed by atoms with van der Waals surface area (Å²) in [6, 6.07) is 5.55. The number of benzene rings is 1. The molecule has 0 atom stereocenters. The Morgan fingerprint density at radius 2 is 2.17 bits per heavy atom. The molecule has 1 aromatic carbocycles. The lowest BCUT2D eigenvalue weighted by Gasteiger charge is -2.07. The number of ether oxygens (including phenoxy) is 1. The molecule has 0 fully saturated rings. The molecule has 1 heterocycles. The van der Waals surface area contributed by atoms with Crippen LogP contribution in [-0.4, -0.2) is 27.9 Å². The molecule has 5 nitrogen and oxygen atoms in total. The van der Waals surface area contributed by atoms with Crippen molar-refractivity contribution in [2.24, 2.45) is 0 Å². The van der Waals surface area contributed by atoms with Gasteiger partial charge in [0.25, 0.3) is 0 Å². The molecule has 1 aromatic heterocycles. The summed E-state index contributed by atoms with van der Waals surface area (Å²) in [5, 5.41) is 7.87. The molecule has 0 spiro atoms.